The summed E-state index contributed by atoms with van der Waals surface area (Å²) in [4.78, 5) is 0. The molecule has 0 saturated carbocycles. The van der Waals surface area contributed by atoms with E-state index < -0.39 is 31.1 Å². The third-order valence-electron chi connectivity index (χ3n) is 3.98. The molecule has 164 valence electrons. The van der Waals surface area contributed by atoms with Gasteiger partial charge in [0.1, 0.15) is 0 Å². The minimum atomic E-state index is -6.72. The Morgan fingerprint density at radius 2 is 1.22 bits per heavy atom. The third kappa shape index (κ3) is 8.96. The van der Waals surface area contributed by atoms with Gasteiger partial charge in [0.2, 0.25) is 0 Å². The maximum Gasteiger partial charge on any atom is 0.480 e. The van der Waals surface area contributed by atoms with Crippen LogP contribution in [0, 0.1) is 0 Å². The predicted octanol–water partition coefficient (Wildman–Crippen LogP) is 3.87. The fourth-order valence-electron chi connectivity index (χ4n) is 2.46. The molecule has 1 aliphatic rings. The Labute approximate surface area is 155 Å². The van der Waals surface area contributed by atoms with E-state index in [0.717, 1.165) is 4.13 Å². The molecular weight excluding hydrogens is 426 g/mol. The first-order valence-electron chi connectivity index (χ1n) is 8.18. The van der Waals surface area contributed by atoms with E-state index in [1.54, 1.807) is 0 Å². The van der Waals surface area contributed by atoms with E-state index in [0.29, 0.717) is 0 Å². The molecule has 0 aliphatic carbocycles. The maximum absolute atomic E-state index is 11.4. The standard InChI is InChI=1S/C11H24N.C2F6NO4S2/c1-3-4-5-6-9-12(2)10-7-8-11-12;3-1(4,5)14(10,11)9-15(12,13)2(6,7)8/h3-11H2,1-2H3;/q+1;-1. The average molecular weight is 450 g/mol. The van der Waals surface area contributed by atoms with Crippen molar-refractivity contribution in [2.75, 3.05) is 26.7 Å². The Morgan fingerprint density at radius 3 is 1.56 bits per heavy atom. The summed E-state index contributed by atoms with van der Waals surface area (Å²) < 4.78 is 111. The second kappa shape index (κ2) is 9.74. The maximum atomic E-state index is 11.4. The molecule has 14 heteroatoms. The Kier molecular flexibility index (Phi) is 9.52. The quantitative estimate of drug-likeness (QED) is 0.335. The molecule has 0 aromatic carbocycles. The number of hydrogen-bond donors (Lipinski definition) is 0. The van der Waals surface area contributed by atoms with Gasteiger partial charge < -0.3 is 8.61 Å². The van der Waals surface area contributed by atoms with Crippen molar-refractivity contribution in [1.29, 1.82) is 0 Å². The van der Waals surface area contributed by atoms with Gasteiger partial charge in [-0.15, -0.1) is 0 Å². The molecule has 0 bridgehead atoms. The Hall–Kier alpha value is -0.600. The molecule has 0 N–H and O–H groups in total. The Morgan fingerprint density at radius 1 is 0.815 bits per heavy atom. The first-order chi connectivity index (χ1) is 12.0. The second-order valence-electron chi connectivity index (χ2n) is 6.47. The van der Waals surface area contributed by atoms with Crippen molar-refractivity contribution in [2.24, 2.45) is 0 Å². The molecule has 27 heavy (non-hydrogen) atoms. The molecule has 0 aromatic heterocycles. The number of quaternary nitrogens is 1. The summed E-state index contributed by atoms with van der Waals surface area (Å²) in [5, 5.41) is 0. The van der Waals surface area contributed by atoms with Crippen molar-refractivity contribution in [3.63, 3.8) is 0 Å². The fraction of sp³-hybridized carbons (Fsp3) is 1.00. The van der Waals surface area contributed by atoms with Crippen molar-refractivity contribution >= 4 is 20.0 Å². The highest BCUT2D eigenvalue weighted by Crippen LogP contribution is 2.36. The Bertz CT molecular complexity index is 611. The normalized spacial score (nSPS) is 18.1. The highest BCUT2D eigenvalue weighted by molar-refractivity contribution is 8.13. The van der Waals surface area contributed by atoms with Crippen LogP contribution in [0.15, 0.2) is 0 Å². The molecule has 0 unspecified atom stereocenters. The lowest BCUT2D eigenvalue weighted by molar-refractivity contribution is -0.897. The summed E-state index contributed by atoms with van der Waals surface area (Å²) in [7, 11) is -11.0. The van der Waals surface area contributed by atoms with E-state index in [2.05, 4.69) is 14.0 Å². The van der Waals surface area contributed by atoms with Gasteiger partial charge in [0, 0.05) is 12.8 Å². The van der Waals surface area contributed by atoms with Gasteiger partial charge in [-0.2, -0.15) is 26.3 Å². The van der Waals surface area contributed by atoms with Gasteiger partial charge >= 0.3 is 11.0 Å². The first-order valence-corrected chi connectivity index (χ1v) is 11.1. The van der Waals surface area contributed by atoms with Gasteiger partial charge in [-0.25, -0.2) is 16.8 Å². The fourth-order valence-corrected chi connectivity index (χ4v) is 4.17. The molecule has 0 spiro atoms. The lowest BCUT2D eigenvalue weighted by Gasteiger charge is -2.29. The lowest BCUT2D eigenvalue weighted by Crippen LogP contribution is -2.41. The monoisotopic (exact) mass is 450 g/mol. The summed E-state index contributed by atoms with van der Waals surface area (Å²) in [5.74, 6) is 0. The number of unbranched alkanes of at least 4 members (excludes halogenated alkanes) is 3. The topological polar surface area (TPSA) is 82.4 Å². The van der Waals surface area contributed by atoms with Crippen LogP contribution in [0.4, 0.5) is 26.3 Å². The minimum Gasteiger partial charge on any atom is -0.421 e. The zero-order valence-electron chi connectivity index (χ0n) is 15.0. The third-order valence-corrected chi connectivity index (χ3v) is 6.72. The van der Waals surface area contributed by atoms with E-state index in [1.807, 2.05) is 0 Å². The van der Waals surface area contributed by atoms with Gasteiger partial charge in [-0.05, 0) is 12.8 Å². The number of likely N-dealkylation sites (tertiary alicyclic amines) is 1. The molecular formula is C13H24F6N2O4S2. The van der Waals surface area contributed by atoms with Crippen molar-refractivity contribution < 1.29 is 47.7 Å². The zero-order valence-corrected chi connectivity index (χ0v) is 16.6. The van der Waals surface area contributed by atoms with Crippen molar-refractivity contribution in [1.82, 2.24) is 0 Å². The zero-order chi connectivity index (χ0) is 21.6. The molecule has 1 fully saturated rings. The van der Waals surface area contributed by atoms with Crippen LogP contribution in [0.3, 0.4) is 0 Å². The van der Waals surface area contributed by atoms with Crippen LogP contribution in [0.5, 0.6) is 0 Å². The summed E-state index contributed by atoms with van der Waals surface area (Å²) in [6, 6.07) is 0. The van der Waals surface area contributed by atoms with E-state index in [4.69, 9.17) is 0 Å². The van der Waals surface area contributed by atoms with Gasteiger partial charge in [0.25, 0.3) is 0 Å². The molecule has 0 atom stereocenters. The SMILES string of the molecule is CCCCCC[N+]1(C)CCCC1.O=S(=O)([N-]S(=O)(=O)C(F)(F)F)C(F)(F)F. The molecule has 0 radical (unpaired) electrons. The van der Waals surface area contributed by atoms with Crippen molar-refractivity contribution in [3.8, 4) is 0 Å². The molecule has 0 aromatic rings. The van der Waals surface area contributed by atoms with Crippen LogP contribution >= 0.6 is 0 Å². The molecule has 6 nitrogen and oxygen atoms in total. The number of hydrogen-bond acceptors (Lipinski definition) is 4. The summed E-state index contributed by atoms with van der Waals surface area (Å²) in [6.45, 7) is 6.59. The van der Waals surface area contributed by atoms with Crippen LogP contribution < -0.4 is 0 Å². The van der Waals surface area contributed by atoms with Gasteiger partial charge in [0.15, 0.2) is 20.0 Å². The number of rotatable bonds is 7. The van der Waals surface area contributed by atoms with Gasteiger partial charge in [-0.1, -0.05) is 19.8 Å². The number of halogens is 6. The van der Waals surface area contributed by atoms with Crippen LogP contribution in [0.1, 0.15) is 45.4 Å². The van der Waals surface area contributed by atoms with Crippen LogP contribution in [-0.4, -0.2) is 59.0 Å². The summed E-state index contributed by atoms with van der Waals surface area (Å²) >= 11 is 0. The first kappa shape index (κ1) is 26.4. The largest absolute Gasteiger partial charge is 0.480 e. The average Bonchev–Trinajstić information content (AvgIpc) is 2.88. The molecule has 1 heterocycles. The minimum absolute atomic E-state index is 0.778. The number of alkyl halides is 6. The highest BCUT2D eigenvalue weighted by Gasteiger charge is 2.46. The molecule has 1 aliphatic heterocycles. The number of nitrogens with zero attached hydrogens (tertiary/aromatic N) is 2. The van der Waals surface area contributed by atoms with Crippen molar-refractivity contribution in [2.45, 2.75) is 56.5 Å². The summed E-state index contributed by atoms with van der Waals surface area (Å²) in [6.07, 6.45) is 8.62. The lowest BCUT2D eigenvalue weighted by atomic mass is 10.2. The van der Waals surface area contributed by atoms with Crippen LogP contribution in [0.25, 0.3) is 4.13 Å². The second-order valence-corrected chi connectivity index (χ2v) is 9.90. The highest BCUT2D eigenvalue weighted by atomic mass is 32.3. The van der Waals surface area contributed by atoms with E-state index in [9.17, 15) is 43.2 Å². The van der Waals surface area contributed by atoms with E-state index >= 15 is 0 Å². The summed E-state index contributed by atoms with van der Waals surface area (Å²) in [5.41, 5.74) is -12.4. The van der Waals surface area contributed by atoms with Gasteiger partial charge in [0.05, 0.1) is 26.7 Å². The predicted molar refractivity (Wildman–Crippen MR) is 87.5 cm³/mol. The van der Waals surface area contributed by atoms with Crippen molar-refractivity contribution in [3.05, 3.63) is 4.13 Å². The van der Waals surface area contributed by atoms with Crippen LogP contribution in [-0.2, 0) is 20.0 Å². The van der Waals surface area contributed by atoms with E-state index in [1.165, 1.54) is 62.6 Å². The molecule has 0 amide bonds. The van der Waals surface area contributed by atoms with Gasteiger partial charge in [-0.3, -0.25) is 0 Å². The Balaban J connectivity index is 0.000000511. The smallest absolute Gasteiger partial charge is 0.421 e. The molecule has 1 rings (SSSR count). The van der Waals surface area contributed by atoms with E-state index in [-0.39, 0.29) is 0 Å². The number of sulfonamides is 2. The van der Waals surface area contributed by atoms with Crippen LogP contribution in [0.2, 0.25) is 0 Å². The molecule has 1 saturated heterocycles.